The van der Waals surface area contributed by atoms with E-state index < -0.39 is 4.33 Å². The number of halogens is 2. The Morgan fingerprint density at radius 3 is 2.91 bits per heavy atom. The first-order valence-corrected chi connectivity index (χ1v) is 5.03. The van der Waals surface area contributed by atoms with Crippen LogP contribution in [0.25, 0.3) is 0 Å². The Morgan fingerprint density at radius 2 is 2.09 bits per heavy atom. The highest BCUT2D eigenvalue weighted by Crippen LogP contribution is 2.62. The van der Waals surface area contributed by atoms with E-state index in [2.05, 4.69) is 12.2 Å². The molecule has 0 radical (unpaired) electrons. The van der Waals surface area contributed by atoms with E-state index in [0.29, 0.717) is 11.8 Å². The minimum atomic E-state index is -0.416. The monoisotopic (exact) mass is 190 g/mol. The maximum absolute atomic E-state index is 6.07. The van der Waals surface area contributed by atoms with Crippen LogP contribution in [0.5, 0.6) is 0 Å². The molecule has 2 aliphatic rings. The molecule has 1 saturated carbocycles. The summed E-state index contributed by atoms with van der Waals surface area (Å²) in [5.74, 6) is 0.994. The average Bonchev–Trinajstić information content (AvgIpc) is 2.29. The van der Waals surface area contributed by atoms with Crippen LogP contribution in [0.2, 0.25) is 0 Å². The molecule has 0 amide bonds. The molecular weight excluding hydrogens is 179 g/mol. The zero-order valence-corrected chi connectivity index (χ0v) is 7.91. The second kappa shape index (κ2) is 2.67. The van der Waals surface area contributed by atoms with Gasteiger partial charge in [0, 0.05) is 11.8 Å². The molecule has 0 aliphatic heterocycles. The lowest BCUT2D eigenvalue weighted by molar-refractivity contribution is 0.603. The lowest BCUT2D eigenvalue weighted by Crippen LogP contribution is -1.89. The highest BCUT2D eigenvalue weighted by atomic mass is 35.5. The molecule has 2 unspecified atom stereocenters. The summed E-state index contributed by atoms with van der Waals surface area (Å²) < 4.78 is -0.416. The van der Waals surface area contributed by atoms with Crippen molar-refractivity contribution in [3.8, 4) is 0 Å². The minimum Gasteiger partial charge on any atom is -0.101 e. The summed E-state index contributed by atoms with van der Waals surface area (Å²) in [7, 11) is 0. The van der Waals surface area contributed by atoms with E-state index in [0.717, 1.165) is 0 Å². The number of rotatable bonds is 0. The average molecular weight is 191 g/mol. The van der Waals surface area contributed by atoms with Gasteiger partial charge in [-0.15, -0.1) is 23.2 Å². The normalized spacial score (nSPS) is 43.5. The van der Waals surface area contributed by atoms with Crippen LogP contribution in [-0.2, 0) is 0 Å². The number of hydrogen-bond acceptors (Lipinski definition) is 0. The molecule has 0 saturated heterocycles. The van der Waals surface area contributed by atoms with Crippen LogP contribution < -0.4 is 0 Å². The molecule has 11 heavy (non-hydrogen) atoms. The summed E-state index contributed by atoms with van der Waals surface area (Å²) in [5.41, 5.74) is 0. The van der Waals surface area contributed by atoms with E-state index in [1.807, 2.05) is 0 Å². The van der Waals surface area contributed by atoms with Crippen LogP contribution >= 0.6 is 23.2 Å². The summed E-state index contributed by atoms with van der Waals surface area (Å²) in [5, 5.41) is 0. The van der Waals surface area contributed by atoms with Crippen molar-refractivity contribution in [3.05, 3.63) is 12.2 Å². The predicted molar refractivity (Wildman–Crippen MR) is 49.0 cm³/mol. The van der Waals surface area contributed by atoms with E-state index in [9.17, 15) is 0 Å². The third-order valence-corrected chi connectivity index (χ3v) is 3.81. The standard InChI is InChI=1S/C9H12Cl2/c10-9(11)7-5-3-1-2-4-6-8(7)9/h3,5,7-8H,1-2,4,6H2/b5-3+. The van der Waals surface area contributed by atoms with E-state index in [1.165, 1.54) is 25.7 Å². The van der Waals surface area contributed by atoms with Gasteiger partial charge < -0.3 is 0 Å². The maximum atomic E-state index is 6.07. The van der Waals surface area contributed by atoms with Gasteiger partial charge in [0.1, 0.15) is 4.33 Å². The first-order valence-electron chi connectivity index (χ1n) is 4.27. The fourth-order valence-electron chi connectivity index (χ4n) is 1.92. The quantitative estimate of drug-likeness (QED) is 0.405. The zero-order chi connectivity index (χ0) is 7.90. The van der Waals surface area contributed by atoms with Crippen LogP contribution in [0, 0.1) is 11.8 Å². The Balaban J connectivity index is 2.07. The molecule has 1 fully saturated rings. The molecular formula is C9H12Cl2. The van der Waals surface area contributed by atoms with Gasteiger partial charge in [-0.2, -0.15) is 0 Å². The predicted octanol–water partition coefficient (Wildman–Crippen LogP) is 3.54. The van der Waals surface area contributed by atoms with E-state index >= 15 is 0 Å². The van der Waals surface area contributed by atoms with Crippen LogP contribution in [-0.4, -0.2) is 4.33 Å². The highest BCUT2D eigenvalue weighted by molar-refractivity contribution is 6.51. The van der Waals surface area contributed by atoms with Gasteiger partial charge in [0.2, 0.25) is 0 Å². The summed E-state index contributed by atoms with van der Waals surface area (Å²) in [6, 6.07) is 0. The van der Waals surface area contributed by atoms with Crippen LogP contribution in [0.15, 0.2) is 12.2 Å². The molecule has 62 valence electrons. The molecule has 0 spiro atoms. The molecule has 2 atom stereocenters. The molecule has 0 aromatic rings. The van der Waals surface area contributed by atoms with Crippen LogP contribution in [0.3, 0.4) is 0 Å². The van der Waals surface area contributed by atoms with Crippen molar-refractivity contribution >= 4 is 23.2 Å². The smallest absolute Gasteiger partial charge is 0.101 e. The minimum absolute atomic E-state index is 0.416. The Morgan fingerprint density at radius 1 is 1.27 bits per heavy atom. The molecule has 2 rings (SSSR count). The highest BCUT2D eigenvalue weighted by Gasteiger charge is 2.60. The van der Waals surface area contributed by atoms with Gasteiger partial charge in [0.15, 0.2) is 0 Å². The Labute approximate surface area is 77.6 Å². The van der Waals surface area contributed by atoms with Gasteiger partial charge in [-0.1, -0.05) is 18.6 Å². The molecule has 0 N–H and O–H groups in total. The van der Waals surface area contributed by atoms with Crippen LogP contribution in [0.1, 0.15) is 25.7 Å². The summed E-state index contributed by atoms with van der Waals surface area (Å²) >= 11 is 12.1. The molecule has 0 bridgehead atoms. The van der Waals surface area contributed by atoms with Gasteiger partial charge in [0.05, 0.1) is 0 Å². The number of fused-ring (bicyclic) bond motifs is 1. The fourth-order valence-corrected chi connectivity index (χ4v) is 2.73. The van der Waals surface area contributed by atoms with Crippen molar-refractivity contribution in [1.82, 2.24) is 0 Å². The van der Waals surface area contributed by atoms with Crippen molar-refractivity contribution in [2.45, 2.75) is 30.0 Å². The number of alkyl halides is 2. The topological polar surface area (TPSA) is 0 Å². The summed E-state index contributed by atoms with van der Waals surface area (Å²) in [6.45, 7) is 0. The van der Waals surface area contributed by atoms with Gasteiger partial charge in [-0.05, 0) is 19.3 Å². The molecule has 0 nitrogen and oxygen atoms in total. The SMILES string of the molecule is ClC1(Cl)C2/C=C/CCCCC21. The molecule has 0 aromatic heterocycles. The van der Waals surface area contributed by atoms with Gasteiger partial charge in [-0.25, -0.2) is 0 Å². The largest absolute Gasteiger partial charge is 0.128 e. The van der Waals surface area contributed by atoms with Crippen LogP contribution in [0.4, 0.5) is 0 Å². The molecule has 2 aliphatic carbocycles. The first kappa shape index (κ1) is 7.94. The van der Waals surface area contributed by atoms with Gasteiger partial charge in [-0.3, -0.25) is 0 Å². The van der Waals surface area contributed by atoms with Crippen molar-refractivity contribution in [2.24, 2.45) is 11.8 Å². The number of hydrogen-bond donors (Lipinski definition) is 0. The second-order valence-corrected chi connectivity index (χ2v) is 4.96. The molecule has 0 aromatic carbocycles. The number of allylic oxidation sites excluding steroid dienone is 2. The zero-order valence-electron chi connectivity index (χ0n) is 6.39. The van der Waals surface area contributed by atoms with E-state index in [-0.39, 0.29) is 0 Å². The lowest BCUT2D eigenvalue weighted by atomic mass is 10.1. The van der Waals surface area contributed by atoms with Crippen molar-refractivity contribution in [2.75, 3.05) is 0 Å². The van der Waals surface area contributed by atoms with Crippen molar-refractivity contribution in [1.29, 1.82) is 0 Å². The van der Waals surface area contributed by atoms with Gasteiger partial charge >= 0.3 is 0 Å². The maximum Gasteiger partial charge on any atom is 0.128 e. The van der Waals surface area contributed by atoms with E-state index in [4.69, 9.17) is 23.2 Å². The van der Waals surface area contributed by atoms with E-state index in [1.54, 1.807) is 0 Å². The molecule has 0 heterocycles. The van der Waals surface area contributed by atoms with Crippen molar-refractivity contribution < 1.29 is 0 Å². The lowest BCUT2D eigenvalue weighted by Gasteiger charge is -1.99. The molecule has 2 heteroatoms. The summed E-state index contributed by atoms with van der Waals surface area (Å²) in [6.07, 6.45) is 9.42. The third-order valence-electron chi connectivity index (χ3n) is 2.74. The van der Waals surface area contributed by atoms with Crippen molar-refractivity contribution in [3.63, 3.8) is 0 Å². The van der Waals surface area contributed by atoms with Gasteiger partial charge in [0.25, 0.3) is 0 Å². The third kappa shape index (κ3) is 1.31. The fraction of sp³-hybridized carbons (Fsp3) is 0.778. The summed E-state index contributed by atoms with van der Waals surface area (Å²) in [4.78, 5) is 0. The Hall–Kier alpha value is 0.320. The Kier molecular flexibility index (Phi) is 1.93. The first-order chi connectivity index (χ1) is 5.23. The second-order valence-electron chi connectivity index (χ2n) is 3.52. The Bertz CT molecular complexity index is 184.